The Balaban J connectivity index is 1.97. The first-order valence-electron chi connectivity index (χ1n) is 10.4. The van der Waals surface area contributed by atoms with Gasteiger partial charge in [-0.25, -0.2) is 4.79 Å². The molecule has 1 atom stereocenters. The van der Waals surface area contributed by atoms with Crippen LogP contribution >= 0.6 is 11.3 Å². The first-order chi connectivity index (χ1) is 15.9. The van der Waals surface area contributed by atoms with Crippen LogP contribution < -0.4 is 19.5 Å². The number of carbonyl (C=O) groups is 2. The summed E-state index contributed by atoms with van der Waals surface area (Å²) in [7, 11) is 4.45. The number of esters is 1. The molecule has 1 aromatic heterocycles. The normalized spacial score (nSPS) is 11.4. The fourth-order valence-corrected chi connectivity index (χ4v) is 4.49. The zero-order valence-electron chi connectivity index (χ0n) is 19.3. The van der Waals surface area contributed by atoms with Crippen molar-refractivity contribution in [2.75, 3.05) is 33.3 Å². The Bertz CT molecular complexity index is 1100. The van der Waals surface area contributed by atoms with E-state index in [4.69, 9.17) is 18.9 Å². The van der Waals surface area contributed by atoms with Gasteiger partial charge in [0.1, 0.15) is 5.00 Å². The molecule has 3 aromatic rings. The second-order valence-electron chi connectivity index (χ2n) is 7.11. The summed E-state index contributed by atoms with van der Waals surface area (Å²) in [6.45, 7) is 4.03. The fourth-order valence-electron chi connectivity index (χ4n) is 3.37. The van der Waals surface area contributed by atoms with E-state index in [0.29, 0.717) is 33.4 Å². The molecule has 0 saturated heterocycles. The molecule has 0 bridgehead atoms. The lowest BCUT2D eigenvalue weighted by Crippen LogP contribution is -2.14. The molecule has 33 heavy (non-hydrogen) atoms. The van der Waals surface area contributed by atoms with E-state index in [-0.39, 0.29) is 12.5 Å². The predicted octanol–water partition coefficient (Wildman–Crippen LogP) is 5.35. The van der Waals surface area contributed by atoms with Crippen LogP contribution in [0, 0.1) is 0 Å². The van der Waals surface area contributed by atoms with Gasteiger partial charge in [-0.05, 0) is 30.7 Å². The van der Waals surface area contributed by atoms with Crippen molar-refractivity contribution in [1.82, 2.24) is 0 Å². The smallest absolute Gasteiger partial charge is 0.341 e. The van der Waals surface area contributed by atoms with Crippen LogP contribution in [0.5, 0.6) is 17.2 Å². The highest BCUT2D eigenvalue weighted by Gasteiger charge is 2.24. The van der Waals surface area contributed by atoms with E-state index in [9.17, 15) is 9.59 Å². The number of ether oxygens (including phenoxy) is 4. The molecule has 1 N–H and O–H groups in total. The Morgan fingerprint density at radius 2 is 1.61 bits per heavy atom. The lowest BCUT2D eigenvalue weighted by atomic mass is 9.99. The number of methoxy groups -OCH3 is 3. The van der Waals surface area contributed by atoms with Crippen LogP contribution in [0.15, 0.2) is 48.5 Å². The van der Waals surface area contributed by atoms with Gasteiger partial charge in [0, 0.05) is 16.4 Å². The SMILES string of the molecule is CCOC(=O)c1cc(C(C)c2ccccc2)sc1NC(=O)c1cc(OC)c(OC)c(OC)c1. The van der Waals surface area contributed by atoms with Crippen molar-refractivity contribution in [3.05, 3.63) is 70.1 Å². The summed E-state index contributed by atoms with van der Waals surface area (Å²) in [6.07, 6.45) is 0. The van der Waals surface area contributed by atoms with E-state index >= 15 is 0 Å². The second kappa shape index (κ2) is 10.9. The molecule has 1 unspecified atom stereocenters. The minimum absolute atomic E-state index is 0.0382. The molecule has 174 valence electrons. The summed E-state index contributed by atoms with van der Waals surface area (Å²) in [5.41, 5.74) is 1.72. The minimum atomic E-state index is -0.486. The molecule has 0 radical (unpaired) electrons. The van der Waals surface area contributed by atoms with Gasteiger partial charge in [0.25, 0.3) is 5.91 Å². The fraction of sp³-hybridized carbons (Fsp3) is 0.280. The molecule has 0 fully saturated rings. The number of hydrogen-bond acceptors (Lipinski definition) is 7. The van der Waals surface area contributed by atoms with E-state index < -0.39 is 11.9 Å². The number of amides is 1. The van der Waals surface area contributed by atoms with E-state index in [2.05, 4.69) is 12.2 Å². The number of nitrogens with one attached hydrogen (secondary N) is 1. The van der Waals surface area contributed by atoms with Crippen molar-refractivity contribution in [2.24, 2.45) is 0 Å². The molecule has 1 amide bonds. The maximum Gasteiger partial charge on any atom is 0.341 e. The molecule has 0 saturated carbocycles. The monoisotopic (exact) mass is 469 g/mol. The molecule has 3 rings (SSSR count). The Labute approximate surface area is 197 Å². The number of thiophene rings is 1. The van der Waals surface area contributed by atoms with Crippen molar-refractivity contribution in [3.63, 3.8) is 0 Å². The molecular weight excluding hydrogens is 442 g/mol. The number of anilines is 1. The van der Waals surface area contributed by atoms with Crippen molar-refractivity contribution < 1.29 is 28.5 Å². The topological polar surface area (TPSA) is 83.1 Å². The summed E-state index contributed by atoms with van der Waals surface area (Å²) in [6, 6.07) is 14.9. The van der Waals surface area contributed by atoms with Crippen LogP contribution in [0.2, 0.25) is 0 Å². The molecular formula is C25H27NO6S. The van der Waals surface area contributed by atoms with Crippen molar-refractivity contribution >= 4 is 28.2 Å². The second-order valence-corrected chi connectivity index (χ2v) is 8.20. The molecule has 7 nitrogen and oxygen atoms in total. The van der Waals surface area contributed by atoms with Gasteiger partial charge in [-0.2, -0.15) is 0 Å². The molecule has 0 aliphatic heterocycles. The highest BCUT2D eigenvalue weighted by Crippen LogP contribution is 2.40. The van der Waals surface area contributed by atoms with Gasteiger partial charge in [0.15, 0.2) is 11.5 Å². The average Bonchev–Trinajstić information content (AvgIpc) is 3.26. The number of rotatable bonds is 9. The first-order valence-corrected chi connectivity index (χ1v) is 11.2. The van der Waals surface area contributed by atoms with Gasteiger partial charge in [0.05, 0.1) is 33.5 Å². The Hall–Kier alpha value is -3.52. The third-order valence-corrected chi connectivity index (χ3v) is 6.36. The Morgan fingerprint density at radius 3 is 2.15 bits per heavy atom. The number of hydrogen-bond donors (Lipinski definition) is 1. The highest BCUT2D eigenvalue weighted by molar-refractivity contribution is 7.16. The van der Waals surface area contributed by atoms with Crippen LogP contribution in [-0.2, 0) is 4.74 Å². The Morgan fingerprint density at radius 1 is 0.970 bits per heavy atom. The molecule has 8 heteroatoms. The van der Waals surface area contributed by atoms with E-state index in [1.54, 1.807) is 25.1 Å². The van der Waals surface area contributed by atoms with E-state index in [0.717, 1.165) is 10.4 Å². The van der Waals surface area contributed by atoms with E-state index in [1.807, 2.05) is 30.3 Å². The van der Waals surface area contributed by atoms with Gasteiger partial charge in [-0.3, -0.25) is 4.79 Å². The molecule has 2 aromatic carbocycles. The van der Waals surface area contributed by atoms with Gasteiger partial charge in [0.2, 0.25) is 5.75 Å². The molecule has 1 heterocycles. The molecule has 0 spiro atoms. The summed E-state index contributed by atoms with van der Waals surface area (Å²) in [5.74, 6) is 0.241. The standard InChI is InChI=1S/C25H27NO6S/c1-6-32-25(28)18-14-21(15(2)16-10-8-7-9-11-16)33-24(18)26-23(27)17-12-19(29-3)22(31-5)20(13-17)30-4/h7-15H,6H2,1-5H3,(H,26,27). The van der Waals surface area contributed by atoms with Crippen molar-refractivity contribution in [3.8, 4) is 17.2 Å². The largest absolute Gasteiger partial charge is 0.493 e. The van der Waals surface area contributed by atoms with Crippen LogP contribution in [0.1, 0.15) is 50.9 Å². The van der Waals surface area contributed by atoms with Crippen LogP contribution in [0.25, 0.3) is 0 Å². The zero-order chi connectivity index (χ0) is 24.0. The molecule has 0 aliphatic carbocycles. The predicted molar refractivity (Wildman–Crippen MR) is 128 cm³/mol. The number of benzene rings is 2. The number of carbonyl (C=O) groups excluding carboxylic acids is 2. The third-order valence-electron chi connectivity index (χ3n) is 5.13. The maximum absolute atomic E-state index is 13.1. The van der Waals surface area contributed by atoms with Crippen LogP contribution in [0.3, 0.4) is 0 Å². The lowest BCUT2D eigenvalue weighted by Gasteiger charge is -2.14. The zero-order valence-corrected chi connectivity index (χ0v) is 20.1. The van der Waals surface area contributed by atoms with Crippen LogP contribution in [0.4, 0.5) is 5.00 Å². The maximum atomic E-state index is 13.1. The van der Waals surface area contributed by atoms with Gasteiger partial charge in [-0.15, -0.1) is 11.3 Å². The summed E-state index contributed by atoms with van der Waals surface area (Å²) >= 11 is 1.35. The minimum Gasteiger partial charge on any atom is -0.493 e. The van der Waals surface area contributed by atoms with Gasteiger partial charge < -0.3 is 24.3 Å². The highest BCUT2D eigenvalue weighted by atomic mass is 32.1. The van der Waals surface area contributed by atoms with E-state index in [1.165, 1.54) is 32.7 Å². The van der Waals surface area contributed by atoms with Crippen LogP contribution in [-0.4, -0.2) is 39.8 Å². The first kappa shape index (κ1) is 24.1. The summed E-state index contributed by atoms with van der Waals surface area (Å²) in [4.78, 5) is 26.7. The average molecular weight is 470 g/mol. The summed E-state index contributed by atoms with van der Waals surface area (Å²) < 4.78 is 21.2. The molecule has 0 aliphatic rings. The van der Waals surface area contributed by atoms with Gasteiger partial charge in [-0.1, -0.05) is 37.3 Å². The van der Waals surface area contributed by atoms with Crippen molar-refractivity contribution in [1.29, 1.82) is 0 Å². The van der Waals surface area contributed by atoms with Gasteiger partial charge >= 0.3 is 5.97 Å². The summed E-state index contributed by atoms with van der Waals surface area (Å²) in [5, 5.41) is 3.28. The quantitative estimate of drug-likeness (QED) is 0.425. The third kappa shape index (κ3) is 5.28. The lowest BCUT2D eigenvalue weighted by molar-refractivity contribution is 0.0528. The Kier molecular flexibility index (Phi) is 7.95. The van der Waals surface area contributed by atoms with Crippen molar-refractivity contribution in [2.45, 2.75) is 19.8 Å².